The van der Waals surface area contributed by atoms with E-state index in [0.717, 1.165) is 0 Å². The Morgan fingerprint density at radius 3 is 2.82 bits per heavy atom. The van der Waals surface area contributed by atoms with Crippen molar-refractivity contribution in [3.05, 3.63) is 16.3 Å². The van der Waals surface area contributed by atoms with Crippen LogP contribution in [0.2, 0.25) is 0 Å². The molecule has 0 aromatic carbocycles. The minimum atomic E-state index is -3.44. The first kappa shape index (κ1) is 14.9. The van der Waals surface area contributed by atoms with E-state index in [1.54, 1.807) is 18.5 Å². The van der Waals surface area contributed by atoms with Gasteiger partial charge in [-0.2, -0.15) is 4.31 Å². The first-order valence-electron chi connectivity index (χ1n) is 5.20. The number of nitrogens with zero attached hydrogens (tertiary/aromatic N) is 1. The van der Waals surface area contributed by atoms with E-state index in [-0.39, 0.29) is 5.88 Å². The highest BCUT2D eigenvalue weighted by atomic mass is 35.5. The lowest BCUT2D eigenvalue weighted by Crippen LogP contribution is -2.30. The van der Waals surface area contributed by atoms with Gasteiger partial charge in [0.05, 0.1) is 17.4 Å². The van der Waals surface area contributed by atoms with Crippen LogP contribution >= 0.6 is 22.9 Å². The number of hydrogen-bond acceptors (Lipinski definition) is 4. The summed E-state index contributed by atoms with van der Waals surface area (Å²) in [4.78, 5) is 0.978. The third kappa shape index (κ3) is 3.66. The SMILES string of the molecule is CCOCCN(C)S(=O)(=O)c1ccsc1CCl. The zero-order valence-corrected chi connectivity index (χ0v) is 12.2. The summed E-state index contributed by atoms with van der Waals surface area (Å²) in [6.45, 7) is 3.19. The molecule has 1 heterocycles. The van der Waals surface area contributed by atoms with Gasteiger partial charge in [-0.25, -0.2) is 8.42 Å². The third-order valence-corrected chi connectivity index (χ3v) is 5.69. The summed E-state index contributed by atoms with van der Waals surface area (Å²) in [5.41, 5.74) is 0. The standard InChI is InChI=1S/C10H16ClNO3S2/c1-3-15-6-5-12(2)17(13,14)10-4-7-16-9(10)8-11/h4,7H,3,5-6,8H2,1-2H3. The second kappa shape index (κ2) is 6.70. The minimum Gasteiger partial charge on any atom is -0.380 e. The molecule has 7 heteroatoms. The second-order valence-corrected chi connectivity index (χ2v) is 6.65. The molecule has 17 heavy (non-hydrogen) atoms. The Labute approximate surface area is 111 Å². The second-order valence-electron chi connectivity index (χ2n) is 3.37. The van der Waals surface area contributed by atoms with Gasteiger partial charge in [0.15, 0.2) is 0 Å². The molecule has 0 N–H and O–H groups in total. The predicted molar refractivity (Wildman–Crippen MR) is 70.2 cm³/mol. The molecule has 0 atom stereocenters. The molecule has 0 amide bonds. The average molecular weight is 298 g/mol. The lowest BCUT2D eigenvalue weighted by Gasteiger charge is -2.16. The summed E-state index contributed by atoms with van der Waals surface area (Å²) in [5.74, 6) is 0.214. The smallest absolute Gasteiger partial charge is 0.244 e. The quantitative estimate of drug-likeness (QED) is 0.572. The van der Waals surface area contributed by atoms with Crippen LogP contribution in [-0.2, 0) is 20.6 Å². The molecular formula is C10H16ClNO3S2. The van der Waals surface area contributed by atoms with Crippen molar-refractivity contribution in [2.45, 2.75) is 17.7 Å². The van der Waals surface area contributed by atoms with E-state index in [1.165, 1.54) is 15.6 Å². The molecule has 4 nitrogen and oxygen atoms in total. The van der Waals surface area contributed by atoms with Crippen molar-refractivity contribution in [3.63, 3.8) is 0 Å². The first-order valence-corrected chi connectivity index (χ1v) is 8.05. The van der Waals surface area contributed by atoms with Gasteiger partial charge < -0.3 is 4.74 Å². The molecule has 0 radical (unpaired) electrons. The fourth-order valence-electron chi connectivity index (χ4n) is 1.28. The third-order valence-electron chi connectivity index (χ3n) is 2.27. The number of alkyl halides is 1. The van der Waals surface area contributed by atoms with Crippen molar-refractivity contribution in [3.8, 4) is 0 Å². The van der Waals surface area contributed by atoms with Crippen molar-refractivity contribution in [2.24, 2.45) is 0 Å². The maximum absolute atomic E-state index is 12.2. The van der Waals surface area contributed by atoms with Crippen LogP contribution in [0.5, 0.6) is 0 Å². The van der Waals surface area contributed by atoms with Gasteiger partial charge >= 0.3 is 0 Å². The molecule has 0 aliphatic heterocycles. The Balaban J connectivity index is 2.80. The molecule has 98 valence electrons. The van der Waals surface area contributed by atoms with E-state index in [0.29, 0.717) is 29.5 Å². The van der Waals surface area contributed by atoms with Gasteiger partial charge in [-0.05, 0) is 18.4 Å². The molecule has 0 saturated heterocycles. The average Bonchev–Trinajstić information content (AvgIpc) is 2.77. The maximum Gasteiger partial charge on any atom is 0.244 e. The summed E-state index contributed by atoms with van der Waals surface area (Å²) < 4.78 is 30.8. The van der Waals surface area contributed by atoms with Gasteiger partial charge in [0.25, 0.3) is 0 Å². The monoisotopic (exact) mass is 297 g/mol. The molecular weight excluding hydrogens is 282 g/mol. The lowest BCUT2D eigenvalue weighted by molar-refractivity contribution is 0.138. The largest absolute Gasteiger partial charge is 0.380 e. The highest BCUT2D eigenvalue weighted by Gasteiger charge is 2.24. The Kier molecular flexibility index (Phi) is 5.88. The van der Waals surface area contributed by atoms with Gasteiger partial charge in [0, 0.05) is 25.1 Å². The van der Waals surface area contributed by atoms with Crippen LogP contribution in [0.1, 0.15) is 11.8 Å². The summed E-state index contributed by atoms with van der Waals surface area (Å²) in [7, 11) is -1.89. The highest BCUT2D eigenvalue weighted by Crippen LogP contribution is 2.25. The van der Waals surface area contributed by atoms with E-state index in [1.807, 2.05) is 6.92 Å². The molecule has 1 rings (SSSR count). The predicted octanol–water partition coefficient (Wildman–Crippen LogP) is 2.14. The summed E-state index contributed by atoms with van der Waals surface area (Å²) in [5, 5.41) is 1.74. The molecule has 0 fully saturated rings. The maximum atomic E-state index is 12.2. The van der Waals surface area contributed by atoms with E-state index in [4.69, 9.17) is 16.3 Å². The fourth-order valence-corrected chi connectivity index (χ4v) is 4.11. The van der Waals surface area contributed by atoms with Gasteiger partial charge in [-0.1, -0.05) is 0 Å². The number of hydrogen-bond donors (Lipinski definition) is 0. The van der Waals surface area contributed by atoms with Gasteiger partial charge in [-0.15, -0.1) is 22.9 Å². The van der Waals surface area contributed by atoms with Gasteiger partial charge in [-0.3, -0.25) is 0 Å². The zero-order chi connectivity index (χ0) is 12.9. The van der Waals surface area contributed by atoms with E-state index in [9.17, 15) is 8.42 Å². The van der Waals surface area contributed by atoms with Crippen LogP contribution in [0, 0.1) is 0 Å². The number of likely N-dealkylation sites (N-methyl/N-ethyl adjacent to an activating group) is 1. The van der Waals surface area contributed by atoms with Crippen molar-refractivity contribution in [2.75, 3.05) is 26.8 Å². The molecule has 0 bridgehead atoms. The van der Waals surface area contributed by atoms with Gasteiger partial charge in [0.1, 0.15) is 0 Å². The molecule has 0 saturated carbocycles. The fraction of sp³-hybridized carbons (Fsp3) is 0.600. The summed E-state index contributed by atoms with van der Waals surface area (Å²) >= 11 is 7.07. The van der Waals surface area contributed by atoms with Crippen molar-refractivity contribution < 1.29 is 13.2 Å². The summed E-state index contributed by atoms with van der Waals surface area (Å²) in [6.07, 6.45) is 0. The van der Waals surface area contributed by atoms with E-state index < -0.39 is 10.0 Å². The minimum absolute atomic E-state index is 0.214. The Morgan fingerprint density at radius 1 is 1.53 bits per heavy atom. The normalized spacial score (nSPS) is 12.2. The van der Waals surface area contributed by atoms with Crippen molar-refractivity contribution in [1.82, 2.24) is 4.31 Å². The summed E-state index contributed by atoms with van der Waals surface area (Å²) in [6, 6.07) is 1.59. The van der Waals surface area contributed by atoms with Crippen molar-refractivity contribution in [1.29, 1.82) is 0 Å². The van der Waals surface area contributed by atoms with Crippen LogP contribution in [0.3, 0.4) is 0 Å². The van der Waals surface area contributed by atoms with Crippen LogP contribution in [0.25, 0.3) is 0 Å². The Bertz CT molecular complexity index is 444. The molecule has 0 spiro atoms. The molecule has 0 aliphatic rings. The Hall–Kier alpha value is -0.140. The van der Waals surface area contributed by atoms with Crippen LogP contribution < -0.4 is 0 Å². The molecule has 0 unspecified atom stereocenters. The van der Waals surface area contributed by atoms with E-state index >= 15 is 0 Å². The zero-order valence-electron chi connectivity index (χ0n) is 9.85. The van der Waals surface area contributed by atoms with Crippen molar-refractivity contribution >= 4 is 33.0 Å². The number of ether oxygens (including phenoxy) is 1. The molecule has 1 aromatic rings. The number of rotatable bonds is 7. The van der Waals surface area contributed by atoms with Crippen LogP contribution in [-0.4, -0.2) is 39.5 Å². The van der Waals surface area contributed by atoms with E-state index in [2.05, 4.69) is 0 Å². The Morgan fingerprint density at radius 2 is 2.24 bits per heavy atom. The topological polar surface area (TPSA) is 46.6 Å². The molecule has 0 aliphatic carbocycles. The van der Waals surface area contributed by atoms with Crippen LogP contribution in [0.4, 0.5) is 0 Å². The lowest BCUT2D eigenvalue weighted by atomic mass is 10.5. The number of halogens is 1. The first-order chi connectivity index (χ1) is 8.04. The number of thiophene rings is 1. The highest BCUT2D eigenvalue weighted by molar-refractivity contribution is 7.89. The van der Waals surface area contributed by atoms with Crippen LogP contribution in [0.15, 0.2) is 16.3 Å². The number of sulfonamides is 1. The molecule has 1 aromatic heterocycles. The van der Waals surface area contributed by atoms with Gasteiger partial charge in [0.2, 0.25) is 10.0 Å².